The Hall–Kier alpha value is -1.26. The van der Waals surface area contributed by atoms with Crippen molar-refractivity contribution >= 4 is 33.8 Å². The Morgan fingerprint density at radius 2 is 2.09 bits per heavy atom. The van der Waals surface area contributed by atoms with Crippen LogP contribution in [0.3, 0.4) is 0 Å². The van der Waals surface area contributed by atoms with Crippen LogP contribution in [0.15, 0.2) is 22.7 Å². The molecule has 0 spiro atoms. The number of nitrogens with one attached hydrogen (secondary N) is 1. The SMILES string of the molecule is CC(C)(C)OC(=O)N[C@@](C)(CSCC#N)c1cc(Br)ccc1F. The molecule has 0 aliphatic rings. The molecule has 1 atom stereocenters. The number of ether oxygens (including phenoxy) is 1. The summed E-state index contributed by atoms with van der Waals surface area (Å²) in [5.74, 6) is 0.165. The predicted octanol–water partition coefficient (Wildman–Crippen LogP) is 4.58. The van der Waals surface area contributed by atoms with Crippen LogP contribution in [0.1, 0.15) is 33.3 Å². The predicted molar refractivity (Wildman–Crippen MR) is 93.8 cm³/mol. The highest BCUT2D eigenvalue weighted by Crippen LogP contribution is 2.30. The summed E-state index contributed by atoms with van der Waals surface area (Å²) in [6.45, 7) is 6.99. The molecule has 1 N–H and O–H groups in total. The maximum Gasteiger partial charge on any atom is 0.408 e. The molecule has 0 aliphatic heterocycles. The molecule has 1 amide bonds. The molecule has 1 rings (SSSR count). The summed E-state index contributed by atoms with van der Waals surface area (Å²) in [4.78, 5) is 12.1. The first-order valence-corrected chi connectivity index (χ1v) is 8.93. The molecular weight excluding hydrogens is 383 g/mol. The molecule has 0 radical (unpaired) electrons. The quantitative estimate of drug-likeness (QED) is 0.731. The second-order valence-corrected chi connectivity index (χ2v) is 8.14. The minimum absolute atomic E-state index is 0.251. The van der Waals surface area contributed by atoms with Gasteiger partial charge >= 0.3 is 6.09 Å². The minimum atomic E-state index is -1.00. The molecular formula is C16H20BrFN2O2S. The number of thioether (sulfide) groups is 1. The molecule has 0 aromatic heterocycles. The van der Waals surface area contributed by atoms with Crippen LogP contribution in [-0.2, 0) is 10.3 Å². The van der Waals surface area contributed by atoms with E-state index in [2.05, 4.69) is 21.2 Å². The van der Waals surface area contributed by atoms with Crippen LogP contribution < -0.4 is 5.32 Å². The van der Waals surface area contributed by atoms with Gasteiger partial charge in [-0.15, -0.1) is 11.8 Å². The number of halogens is 2. The fraction of sp³-hybridized carbons (Fsp3) is 0.500. The van der Waals surface area contributed by atoms with Crippen molar-refractivity contribution in [3.63, 3.8) is 0 Å². The van der Waals surface area contributed by atoms with Crippen LogP contribution >= 0.6 is 27.7 Å². The fourth-order valence-corrected chi connectivity index (χ4v) is 3.12. The molecule has 0 bridgehead atoms. The van der Waals surface area contributed by atoms with Crippen molar-refractivity contribution in [3.8, 4) is 6.07 Å². The summed E-state index contributed by atoms with van der Waals surface area (Å²) in [5.41, 5.74) is -1.32. The van der Waals surface area contributed by atoms with E-state index in [1.54, 1.807) is 39.8 Å². The number of hydrogen-bond acceptors (Lipinski definition) is 4. The second kappa shape index (κ2) is 8.02. The number of carbonyl (C=O) groups is 1. The van der Waals surface area contributed by atoms with E-state index in [9.17, 15) is 9.18 Å². The summed E-state index contributed by atoms with van der Waals surface area (Å²) in [6.07, 6.45) is -0.628. The van der Waals surface area contributed by atoms with Crippen molar-refractivity contribution in [2.24, 2.45) is 0 Å². The number of rotatable bonds is 5. The summed E-state index contributed by atoms with van der Waals surface area (Å²) >= 11 is 4.63. The van der Waals surface area contributed by atoms with Gasteiger partial charge in [-0.3, -0.25) is 0 Å². The molecule has 0 unspecified atom stereocenters. The Bertz CT molecular complexity index is 613. The van der Waals surface area contributed by atoms with Crippen molar-refractivity contribution in [1.29, 1.82) is 5.26 Å². The van der Waals surface area contributed by atoms with Gasteiger partial charge in [0.05, 0.1) is 17.4 Å². The third-order valence-electron chi connectivity index (χ3n) is 2.86. The van der Waals surface area contributed by atoms with Crippen LogP contribution in [0.4, 0.5) is 9.18 Å². The Morgan fingerprint density at radius 3 is 2.65 bits per heavy atom. The first-order valence-electron chi connectivity index (χ1n) is 6.99. The van der Waals surface area contributed by atoms with Gasteiger partial charge in [-0.1, -0.05) is 15.9 Å². The lowest BCUT2D eigenvalue weighted by atomic mass is 9.93. The highest BCUT2D eigenvalue weighted by atomic mass is 79.9. The van der Waals surface area contributed by atoms with Gasteiger partial charge in [0, 0.05) is 15.8 Å². The Morgan fingerprint density at radius 1 is 1.43 bits per heavy atom. The molecule has 0 aliphatic carbocycles. The van der Waals surface area contributed by atoms with E-state index in [1.165, 1.54) is 17.8 Å². The zero-order chi connectivity index (χ0) is 17.7. The normalized spacial score (nSPS) is 13.8. The van der Waals surface area contributed by atoms with Crippen molar-refractivity contribution in [1.82, 2.24) is 5.32 Å². The van der Waals surface area contributed by atoms with Crippen LogP contribution in [0.5, 0.6) is 0 Å². The molecule has 0 saturated heterocycles. The van der Waals surface area contributed by atoms with E-state index in [0.29, 0.717) is 15.8 Å². The number of nitrogens with zero attached hydrogens (tertiary/aromatic N) is 1. The molecule has 1 aromatic carbocycles. The highest BCUT2D eigenvalue weighted by Gasteiger charge is 2.33. The number of carbonyl (C=O) groups excluding carboxylic acids is 1. The maximum atomic E-state index is 14.3. The molecule has 126 valence electrons. The van der Waals surface area contributed by atoms with E-state index >= 15 is 0 Å². The Kier molecular flexibility index (Phi) is 6.90. The van der Waals surface area contributed by atoms with E-state index in [4.69, 9.17) is 10.00 Å². The Balaban J connectivity index is 3.09. The first-order chi connectivity index (χ1) is 10.6. The smallest absolute Gasteiger partial charge is 0.408 e. The van der Waals surface area contributed by atoms with E-state index in [0.717, 1.165) is 0 Å². The zero-order valence-corrected chi connectivity index (χ0v) is 16.0. The number of nitriles is 1. The molecule has 0 saturated carbocycles. The van der Waals surface area contributed by atoms with Crippen molar-refractivity contribution < 1.29 is 13.9 Å². The first kappa shape index (κ1) is 19.8. The van der Waals surface area contributed by atoms with Gasteiger partial charge in [-0.2, -0.15) is 5.26 Å². The monoisotopic (exact) mass is 402 g/mol. The maximum absolute atomic E-state index is 14.3. The third-order valence-corrected chi connectivity index (χ3v) is 4.46. The topological polar surface area (TPSA) is 62.1 Å². The van der Waals surface area contributed by atoms with Crippen molar-refractivity contribution in [2.75, 3.05) is 11.5 Å². The second-order valence-electron chi connectivity index (χ2n) is 6.23. The number of amides is 1. The largest absolute Gasteiger partial charge is 0.444 e. The standard InChI is InChI=1S/C16H20BrFN2O2S/c1-15(2,3)22-14(21)20-16(4,10-23-8-7-19)12-9-11(17)5-6-13(12)18/h5-6,9H,8,10H2,1-4H3,(H,20,21)/t16-/m0/s1. The molecule has 7 heteroatoms. The zero-order valence-electron chi connectivity index (χ0n) is 13.6. The van der Waals surface area contributed by atoms with E-state index in [1.807, 2.05) is 6.07 Å². The number of benzene rings is 1. The summed E-state index contributed by atoms with van der Waals surface area (Å²) < 4.78 is 20.3. The molecule has 0 heterocycles. The van der Waals surface area contributed by atoms with Crippen LogP contribution in [-0.4, -0.2) is 23.2 Å². The third kappa shape index (κ3) is 6.40. The van der Waals surface area contributed by atoms with Gasteiger partial charge in [0.1, 0.15) is 11.4 Å². The summed E-state index contributed by atoms with van der Waals surface area (Å²) in [5, 5.41) is 11.4. The van der Waals surface area contributed by atoms with Crippen LogP contribution in [0, 0.1) is 17.1 Å². The van der Waals surface area contributed by atoms with Gasteiger partial charge in [0.2, 0.25) is 0 Å². The van der Waals surface area contributed by atoms with Crippen LogP contribution in [0.2, 0.25) is 0 Å². The average Bonchev–Trinajstić information content (AvgIpc) is 2.39. The van der Waals surface area contributed by atoms with Crippen LogP contribution in [0.25, 0.3) is 0 Å². The van der Waals surface area contributed by atoms with Gasteiger partial charge in [-0.05, 0) is 45.9 Å². The lowest BCUT2D eigenvalue weighted by Gasteiger charge is -2.32. The number of alkyl carbamates (subject to hydrolysis) is 1. The highest BCUT2D eigenvalue weighted by molar-refractivity contribution is 9.10. The minimum Gasteiger partial charge on any atom is -0.444 e. The van der Waals surface area contributed by atoms with Gasteiger partial charge < -0.3 is 10.1 Å². The average molecular weight is 403 g/mol. The number of hydrogen-bond donors (Lipinski definition) is 1. The van der Waals surface area contributed by atoms with E-state index < -0.39 is 23.1 Å². The van der Waals surface area contributed by atoms with Crippen molar-refractivity contribution in [3.05, 3.63) is 34.1 Å². The van der Waals surface area contributed by atoms with Gasteiger partial charge in [-0.25, -0.2) is 9.18 Å². The van der Waals surface area contributed by atoms with Crippen molar-refractivity contribution in [2.45, 2.75) is 38.8 Å². The molecule has 1 aromatic rings. The molecule has 23 heavy (non-hydrogen) atoms. The summed E-state index contributed by atoms with van der Waals surface area (Å²) in [7, 11) is 0. The molecule has 0 fully saturated rings. The molecule has 4 nitrogen and oxygen atoms in total. The lowest BCUT2D eigenvalue weighted by Crippen LogP contribution is -2.48. The summed E-state index contributed by atoms with van der Waals surface area (Å²) in [6, 6.07) is 6.58. The Labute approximate surface area is 148 Å². The lowest BCUT2D eigenvalue weighted by molar-refractivity contribution is 0.0471. The van der Waals surface area contributed by atoms with E-state index in [-0.39, 0.29) is 5.75 Å². The van der Waals surface area contributed by atoms with Gasteiger partial charge in [0.25, 0.3) is 0 Å². The fourth-order valence-electron chi connectivity index (χ4n) is 1.93. The van der Waals surface area contributed by atoms with Gasteiger partial charge in [0.15, 0.2) is 0 Å².